The highest BCUT2D eigenvalue weighted by atomic mass is 15.2. The van der Waals surface area contributed by atoms with Crippen LogP contribution in [-0.4, -0.2) is 44.3 Å². The van der Waals surface area contributed by atoms with Crippen molar-refractivity contribution in [3.63, 3.8) is 0 Å². The van der Waals surface area contributed by atoms with Gasteiger partial charge in [0.2, 0.25) is 0 Å². The Morgan fingerprint density at radius 3 is 2.93 bits per heavy atom. The fraction of sp³-hybridized carbons (Fsp3) is 0.500. The molecule has 0 spiro atoms. The molecule has 0 aliphatic carbocycles. The molecule has 3 heteroatoms. The first-order chi connectivity index (χ1) is 7.34. The molecule has 0 saturated carbocycles. The van der Waals surface area contributed by atoms with Gasteiger partial charge in [0, 0.05) is 25.7 Å². The van der Waals surface area contributed by atoms with Crippen molar-refractivity contribution in [3.8, 4) is 0 Å². The minimum atomic E-state index is 0.628. The van der Waals surface area contributed by atoms with Crippen molar-refractivity contribution in [2.45, 2.75) is 13.0 Å². The molecule has 1 aromatic carbocycles. The lowest BCUT2D eigenvalue weighted by Gasteiger charge is -2.31. The first kappa shape index (κ1) is 10.7. The van der Waals surface area contributed by atoms with Crippen LogP contribution in [0.4, 0.5) is 0 Å². The summed E-state index contributed by atoms with van der Waals surface area (Å²) in [5.41, 5.74) is 1.32. The first-order valence-electron chi connectivity index (χ1n) is 5.68. The van der Waals surface area contributed by atoms with E-state index in [1.54, 1.807) is 0 Å². The molecule has 1 fully saturated rings. The van der Waals surface area contributed by atoms with Gasteiger partial charge >= 0.3 is 0 Å². The Bertz CT molecular complexity index is 289. The summed E-state index contributed by atoms with van der Waals surface area (Å²) in [5, 5.41) is 3.45. The molecule has 1 atom stereocenters. The predicted octanol–water partition coefficient (Wildman–Crippen LogP) is 0.267. The molecule has 1 aliphatic rings. The quantitative estimate of drug-likeness (QED) is 0.706. The molecule has 1 radical (unpaired) electrons. The van der Waals surface area contributed by atoms with Crippen LogP contribution in [0, 0.1) is 0 Å². The number of piperazine rings is 1. The Balaban J connectivity index is 1.78. The minimum absolute atomic E-state index is 0.628. The molecule has 2 nitrogen and oxygen atoms in total. The van der Waals surface area contributed by atoms with Crippen molar-refractivity contribution >= 4 is 12.7 Å². The fourth-order valence-electron chi connectivity index (χ4n) is 2.00. The molecular formula is C12H18BN2. The van der Waals surface area contributed by atoms with Crippen molar-refractivity contribution in [3.05, 3.63) is 30.3 Å². The molecule has 0 amide bonds. The van der Waals surface area contributed by atoms with E-state index in [-0.39, 0.29) is 0 Å². The van der Waals surface area contributed by atoms with Gasteiger partial charge in [0.05, 0.1) is 0 Å². The Labute approximate surface area is 92.9 Å². The number of benzene rings is 1. The summed E-state index contributed by atoms with van der Waals surface area (Å²) in [7, 11) is 2.30. The largest absolute Gasteiger partial charge is 0.312 e. The zero-order chi connectivity index (χ0) is 10.5. The second-order valence-electron chi connectivity index (χ2n) is 4.23. The molecule has 1 saturated heterocycles. The van der Waals surface area contributed by atoms with Gasteiger partial charge in [-0.2, -0.15) is 0 Å². The number of nitrogens with zero attached hydrogens (tertiary/aromatic N) is 1. The predicted molar refractivity (Wildman–Crippen MR) is 65.7 cm³/mol. The molecule has 0 aromatic heterocycles. The highest BCUT2D eigenvalue weighted by Gasteiger charge is 2.14. The van der Waals surface area contributed by atoms with E-state index in [0.717, 1.165) is 26.1 Å². The maximum Gasteiger partial charge on any atom is 0.169 e. The van der Waals surface area contributed by atoms with Crippen molar-refractivity contribution in [2.24, 2.45) is 0 Å². The minimum Gasteiger partial charge on any atom is -0.312 e. The van der Waals surface area contributed by atoms with Crippen LogP contribution in [0.15, 0.2) is 30.3 Å². The van der Waals surface area contributed by atoms with Crippen molar-refractivity contribution < 1.29 is 0 Å². The van der Waals surface area contributed by atoms with Gasteiger partial charge in [-0.15, -0.1) is 0 Å². The van der Waals surface area contributed by atoms with E-state index in [4.69, 9.17) is 0 Å². The third-order valence-corrected chi connectivity index (χ3v) is 2.84. The molecular weight excluding hydrogens is 183 g/mol. The van der Waals surface area contributed by atoms with Crippen molar-refractivity contribution in [2.75, 3.05) is 26.1 Å². The van der Waals surface area contributed by atoms with Crippen LogP contribution in [0.2, 0.25) is 0 Å². The molecule has 1 unspecified atom stereocenters. The summed E-state index contributed by atoms with van der Waals surface area (Å²) in [6.07, 6.45) is 1.07. The highest BCUT2D eigenvalue weighted by molar-refractivity contribution is 6.53. The van der Waals surface area contributed by atoms with Gasteiger partial charge in [0.25, 0.3) is 0 Å². The van der Waals surface area contributed by atoms with E-state index in [1.165, 1.54) is 5.46 Å². The standard InChI is InChI=1S/C12H18BN2/c1-11-9-15(8-7-14-11)10-13-12-5-3-2-4-6-12/h2-6,11,14H,7-10H2,1H3. The van der Waals surface area contributed by atoms with Crippen LogP contribution in [0.5, 0.6) is 0 Å². The van der Waals surface area contributed by atoms with Gasteiger partial charge in [-0.05, 0) is 13.4 Å². The van der Waals surface area contributed by atoms with Crippen LogP contribution in [0.3, 0.4) is 0 Å². The molecule has 1 N–H and O–H groups in total. The van der Waals surface area contributed by atoms with E-state index in [1.807, 2.05) is 0 Å². The van der Waals surface area contributed by atoms with E-state index in [2.05, 4.69) is 54.8 Å². The summed E-state index contributed by atoms with van der Waals surface area (Å²) in [4.78, 5) is 2.49. The molecule has 15 heavy (non-hydrogen) atoms. The van der Waals surface area contributed by atoms with Crippen molar-refractivity contribution in [1.29, 1.82) is 0 Å². The highest BCUT2D eigenvalue weighted by Crippen LogP contribution is 1.96. The molecule has 1 aliphatic heterocycles. The van der Waals surface area contributed by atoms with Gasteiger partial charge in [0.1, 0.15) is 0 Å². The fourth-order valence-corrected chi connectivity index (χ4v) is 2.00. The van der Waals surface area contributed by atoms with E-state index in [0.29, 0.717) is 6.04 Å². The lowest BCUT2D eigenvalue weighted by atomic mass is 9.70. The number of nitrogens with one attached hydrogen (secondary N) is 1. The van der Waals surface area contributed by atoms with Crippen LogP contribution >= 0.6 is 0 Å². The number of hydrogen-bond donors (Lipinski definition) is 1. The molecule has 2 rings (SSSR count). The maximum absolute atomic E-state index is 3.45. The SMILES string of the molecule is CC1CN(C[B]c2ccccc2)CCN1. The lowest BCUT2D eigenvalue weighted by Crippen LogP contribution is -2.51. The smallest absolute Gasteiger partial charge is 0.169 e. The van der Waals surface area contributed by atoms with E-state index in [9.17, 15) is 0 Å². The van der Waals surface area contributed by atoms with Crippen LogP contribution in [-0.2, 0) is 0 Å². The maximum atomic E-state index is 3.45. The Morgan fingerprint density at radius 2 is 2.20 bits per heavy atom. The third-order valence-electron chi connectivity index (χ3n) is 2.84. The average molecular weight is 201 g/mol. The van der Waals surface area contributed by atoms with E-state index >= 15 is 0 Å². The zero-order valence-electron chi connectivity index (χ0n) is 9.32. The van der Waals surface area contributed by atoms with Gasteiger partial charge < -0.3 is 10.2 Å². The lowest BCUT2D eigenvalue weighted by molar-refractivity contribution is 0.236. The third kappa shape index (κ3) is 3.36. The Kier molecular flexibility index (Phi) is 3.81. The second-order valence-corrected chi connectivity index (χ2v) is 4.23. The van der Waals surface area contributed by atoms with Crippen LogP contribution < -0.4 is 10.8 Å². The Hall–Kier alpha value is -0.795. The van der Waals surface area contributed by atoms with Gasteiger partial charge in [-0.25, -0.2) is 0 Å². The monoisotopic (exact) mass is 201 g/mol. The normalized spacial score (nSPS) is 22.6. The number of rotatable bonds is 3. The summed E-state index contributed by atoms with van der Waals surface area (Å²) >= 11 is 0. The van der Waals surface area contributed by atoms with Gasteiger partial charge in [-0.3, -0.25) is 0 Å². The second kappa shape index (κ2) is 5.33. The molecule has 79 valence electrons. The van der Waals surface area contributed by atoms with E-state index < -0.39 is 0 Å². The van der Waals surface area contributed by atoms with Crippen LogP contribution in [0.25, 0.3) is 0 Å². The summed E-state index contributed by atoms with van der Waals surface area (Å²) < 4.78 is 0. The van der Waals surface area contributed by atoms with Gasteiger partial charge in [0.15, 0.2) is 7.28 Å². The summed E-state index contributed by atoms with van der Waals surface area (Å²) in [5.74, 6) is 0. The van der Waals surface area contributed by atoms with Crippen LogP contribution in [0.1, 0.15) is 6.92 Å². The molecule has 1 aromatic rings. The molecule has 1 heterocycles. The summed E-state index contributed by atoms with van der Waals surface area (Å²) in [6.45, 7) is 5.68. The average Bonchev–Trinajstić information content (AvgIpc) is 2.28. The summed E-state index contributed by atoms with van der Waals surface area (Å²) in [6, 6.07) is 11.2. The van der Waals surface area contributed by atoms with Gasteiger partial charge in [-0.1, -0.05) is 35.8 Å². The topological polar surface area (TPSA) is 15.3 Å². The molecule has 0 bridgehead atoms. The zero-order valence-corrected chi connectivity index (χ0v) is 9.32. The van der Waals surface area contributed by atoms with Crippen molar-refractivity contribution in [1.82, 2.24) is 10.2 Å². The first-order valence-corrected chi connectivity index (χ1v) is 5.68. The number of hydrogen-bond acceptors (Lipinski definition) is 2. The Morgan fingerprint density at radius 1 is 1.40 bits per heavy atom.